The van der Waals surface area contributed by atoms with Gasteiger partial charge in [-0.1, -0.05) is 0 Å². The van der Waals surface area contributed by atoms with Gasteiger partial charge in [0.2, 0.25) is 0 Å². The fraction of sp³-hybridized carbons (Fsp3) is 0.929. The number of hydrogen-bond donors (Lipinski definition) is 1. The zero-order valence-corrected chi connectivity index (χ0v) is 11.5. The summed E-state index contributed by atoms with van der Waals surface area (Å²) in [5.41, 5.74) is 5.32. The average Bonchev–Trinajstić information content (AvgIpc) is 2.98. The molecule has 4 atom stereocenters. The highest BCUT2D eigenvalue weighted by molar-refractivity contribution is 5.88. The molecular formula is C14H23NO4. The van der Waals surface area contributed by atoms with E-state index >= 15 is 0 Å². The zero-order valence-electron chi connectivity index (χ0n) is 11.5. The summed E-state index contributed by atoms with van der Waals surface area (Å²) in [6, 6.07) is -0.182. The van der Waals surface area contributed by atoms with E-state index in [9.17, 15) is 4.79 Å². The Labute approximate surface area is 113 Å². The Bertz CT molecular complexity index is 366. The molecule has 0 aromatic rings. The number of rotatable bonds is 2. The molecule has 3 rings (SSSR count). The molecule has 5 heteroatoms. The van der Waals surface area contributed by atoms with Gasteiger partial charge >= 0.3 is 0 Å². The van der Waals surface area contributed by atoms with Gasteiger partial charge in [0.1, 0.15) is 5.78 Å². The standard InChI is InChI=1S/C14H23NO4/c1-13(8-18-7-11(13)15)12(16)10-2-4-19-14(6-10)3-5-17-9-14/h10-11H,2-9,15H2,1H3. The van der Waals surface area contributed by atoms with E-state index in [2.05, 4.69) is 0 Å². The van der Waals surface area contributed by atoms with Crippen molar-refractivity contribution in [2.75, 3.05) is 33.0 Å². The maximum absolute atomic E-state index is 12.8. The lowest BCUT2D eigenvalue weighted by molar-refractivity contribution is -0.145. The maximum atomic E-state index is 12.8. The summed E-state index contributed by atoms with van der Waals surface area (Å²) in [6.45, 7) is 4.89. The second-order valence-corrected chi connectivity index (χ2v) is 6.43. The smallest absolute Gasteiger partial charge is 0.145 e. The van der Waals surface area contributed by atoms with Crippen LogP contribution in [0, 0.1) is 11.3 Å². The van der Waals surface area contributed by atoms with Gasteiger partial charge in [-0.3, -0.25) is 4.79 Å². The summed E-state index contributed by atoms with van der Waals surface area (Å²) in [7, 11) is 0. The molecule has 0 aromatic carbocycles. The van der Waals surface area contributed by atoms with E-state index in [-0.39, 0.29) is 23.3 Å². The Kier molecular flexibility index (Phi) is 3.41. The van der Waals surface area contributed by atoms with Crippen molar-refractivity contribution >= 4 is 5.78 Å². The third-order valence-electron chi connectivity index (χ3n) is 5.01. The Morgan fingerprint density at radius 3 is 2.74 bits per heavy atom. The number of carbonyl (C=O) groups excluding carboxylic acids is 1. The van der Waals surface area contributed by atoms with Crippen LogP contribution in [0.1, 0.15) is 26.2 Å². The molecule has 3 aliphatic heterocycles. The lowest BCUT2D eigenvalue weighted by atomic mass is 9.71. The molecule has 3 heterocycles. The summed E-state index contributed by atoms with van der Waals surface area (Å²) >= 11 is 0. The van der Waals surface area contributed by atoms with Crippen molar-refractivity contribution in [3.8, 4) is 0 Å². The first-order valence-corrected chi connectivity index (χ1v) is 7.15. The first-order chi connectivity index (χ1) is 9.06. The Hall–Kier alpha value is -0.490. The van der Waals surface area contributed by atoms with Gasteiger partial charge in [-0.05, 0) is 19.8 Å². The second-order valence-electron chi connectivity index (χ2n) is 6.43. The fourth-order valence-electron chi connectivity index (χ4n) is 3.52. The molecule has 108 valence electrons. The molecule has 3 fully saturated rings. The quantitative estimate of drug-likeness (QED) is 0.790. The van der Waals surface area contributed by atoms with E-state index in [4.69, 9.17) is 19.9 Å². The first kappa shape index (κ1) is 13.5. The predicted octanol–water partition coefficient (Wildman–Crippen LogP) is 0.505. The minimum absolute atomic E-state index is 0.0354. The van der Waals surface area contributed by atoms with Crippen LogP contribution >= 0.6 is 0 Å². The van der Waals surface area contributed by atoms with Crippen LogP contribution in [0.3, 0.4) is 0 Å². The highest BCUT2D eigenvalue weighted by Gasteiger charge is 2.50. The van der Waals surface area contributed by atoms with Gasteiger partial charge in [-0.15, -0.1) is 0 Å². The number of carbonyl (C=O) groups is 1. The zero-order chi connectivity index (χ0) is 13.5. The van der Waals surface area contributed by atoms with E-state index < -0.39 is 5.41 Å². The molecule has 0 saturated carbocycles. The van der Waals surface area contributed by atoms with Crippen molar-refractivity contribution in [3.63, 3.8) is 0 Å². The van der Waals surface area contributed by atoms with Crippen LogP contribution < -0.4 is 5.73 Å². The molecule has 4 unspecified atom stereocenters. The molecule has 1 spiro atoms. The fourth-order valence-corrected chi connectivity index (χ4v) is 3.52. The van der Waals surface area contributed by atoms with Gasteiger partial charge in [0.15, 0.2) is 0 Å². The molecule has 3 aliphatic rings. The summed E-state index contributed by atoms with van der Waals surface area (Å²) in [4.78, 5) is 12.8. The molecule has 5 nitrogen and oxygen atoms in total. The normalized spacial score (nSPS) is 46.8. The largest absolute Gasteiger partial charge is 0.379 e. The average molecular weight is 269 g/mol. The molecule has 2 N–H and O–H groups in total. The molecule has 0 aliphatic carbocycles. The Morgan fingerprint density at radius 1 is 1.26 bits per heavy atom. The molecule has 3 saturated heterocycles. The Balaban J connectivity index is 1.73. The maximum Gasteiger partial charge on any atom is 0.145 e. The number of hydrogen-bond acceptors (Lipinski definition) is 5. The van der Waals surface area contributed by atoms with E-state index in [0.29, 0.717) is 26.4 Å². The lowest BCUT2D eigenvalue weighted by Gasteiger charge is -2.39. The summed E-state index contributed by atoms with van der Waals surface area (Å²) < 4.78 is 16.7. The van der Waals surface area contributed by atoms with Crippen LogP contribution in [-0.2, 0) is 19.0 Å². The molecule has 0 aromatic heterocycles. The third-order valence-corrected chi connectivity index (χ3v) is 5.01. The van der Waals surface area contributed by atoms with E-state index in [1.165, 1.54) is 0 Å². The van der Waals surface area contributed by atoms with Gasteiger partial charge in [0, 0.05) is 31.6 Å². The highest BCUT2D eigenvalue weighted by Crippen LogP contribution is 2.40. The molecule has 0 radical (unpaired) electrons. The first-order valence-electron chi connectivity index (χ1n) is 7.15. The second kappa shape index (κ2) is 4.81. The van der Waals surface area contributed by atoms with Crippen molar-refractivity contribution in [3.05, 3.63) is 0 Å². The minimum atomic E-state index is -0.525. The van der Waals surface area contributed by atoms with Gasteiger partial charge < -0.3 is 19.9 Å². The molecule has 0 amide bonds. The van der Waals surface area contributed by atoms with Gasteiger partial charge in [-0.25, -0.2) is 0 Å². The predicted molar refractivity (Wildman–Crippen MR) is 68.8 cm³/mol. The summed E-state index contributed by atoms with van der Waals surface area (Å²) in [5.74, 6) is 0.292. The lowest BCUT2D eigenvalue weighted by Crippen LogP contribution is -2.51. The van der Waals surface area contributed by atoms with Crippen LogP contribution in [0.15, 0.2) is 0 Å². The van der Waals surface area contributed by atoms with Gasteiger partial charge in [0.25, 0.3) is 0 Å². The number of ether oxygens (including phenoxy) is 3. The summed E-state index contributed by atoms with van der Waals surface area (Å²) in [5, 5.41) is 0. The molecule has 0 bridgehead atoms. The monoisotopic (exact) mass is 269 g/mol. The van der Waals surface area contributed by atoms with Crippen LogP contribution in [0.5, 0.6) is 0 Å². The van der Waals surface area contributed by atoms with Crippen LogP contribution in [0.4, 0.5) is 0 Å². The SMILES string of the molecule is CC1(C(=O)C2CCOC3(CCOC3)C2)COCC1N. The van der Waals surface area contributed by atoms with E-state index in [0.717, 1.165) is 25.9 Å². The van der Waals surface area contributed by atoms with Crippen LogP contribution in [0.2, 0.25) is 0 Å². The van der Waals surface area contributed by atoms with Crippen molar-refractivity contribution in [2.24, 2.45) is 17.1 Å². The van der Waals surface area contributed by atoms with E-state index in [1.54, 1.807) is 0 Å². The van der Waals surface area contributed by atoms with E-state index in [1.807, 2.05) is 6.92 Å². The molecular weight excluding hydrogens is 246 g/mol. The number of ketones is 1. The van der Waals surface area contributed by atoms with Crippen molar-refractivity contribution in [1.82, 2.24) is 0 Å². The van der Waals surface area contributed by atoms with Gasteiger partial charge in [0.05, 0.1) is 30.8 Å². The van der Waals surface area contributed by atoms with Crippen molar-refractivity contribution in [2.45, 2.75) is 37.8 Å². The van der Waals surface area contributed by atoms with Crippen molar-refractivity contribution < 1.29 is 19.0 Å². The number of nitrogens with two attached hydrogens (primary N) is 1. The van der Waals surface area contributed by atoms with Crippen LogP contribution in [-0.4, -0.2) is 50.5 Å². The third kappa shape index (κ3) is 2.23. The van der Waals surface area contributed by atoms with Crippen molar-refractivity contribution in [1.29, 1.82) is 0 Å². The molecule has 19 heavy (non-hydrogen) atoms. The van der Waals surface area contributed by atoms with Crippen LogP contribution in [0.25, 0.3) is 0 Å². The van der Waals surface area contributed by atoms with Gasteiger partial charge in [-0.2, -0.15) is 0 Å². The Morgan fingerprint density at radius 2 is 2.11 bits per heavy atom. The number of Topliss-reactive ketones (excluding diaryl/α,β-unsaturated/α-hetero) is 1. The topological polar surface area (TPSA) is 70.8 Å². The minimum Gasteiger partial charge on any atom is -0.379 e. The highest BCUT2D eigenvalue weighted by atomic mass is 16.6. The summed E-state index contributed by atoms with van der Waals surface area (Å²) in [6.07, 6.45) is 2.47.